The number of piperidine rings is 1. The van der Waals surface area contributed by atoms with Crippen LogP contribution in [0.25, 0.3) is 0 Å². The normalized spacial score (nSPS) is 17.1. The fraction of sp³-hybridized carbons (Fsp3) is 0.321. The number of nitrogens with one attached hydrogen (secondary N) is 1. The van der Waals surface area contributed by atoms with Crippen LogP contribution >= 0.6 is 23.2 Å². The second-order valence-electron chi connectivity index (χ2n) is 9.71. The molecule has 1 N–H and O–H groups in total. The minimum Gasteiger partial charge on any atom is -0.307 e. The summed E-state index contributed by atoms with van der Waals surface area (Å²) in [5.74, 6) is 0. The summed E-state index contributed by atoms with van der Waals surface area (Å²) in [6.45, 7) is 7.97. The average Bonchev–Trinajstić information content (AvgIpc) is 3.11. The Balaban J connectivity index is 1.34. The molecular formula is C28H29Cl2N3O. The Kier molecular flexibility index (Phi) is 6.32. The highest BCUT2D eigenvalue weighted by Gasteiger charge is 2.46. The van der Waals surface area contributed by atoms with Crippen LogP contribution in [-0.4, -0.2) is 30.6 Å². The molecule has 0 aromatic heterocycles. The van der Waals surface area contributed by atoms with Gasteiger partial charge in [-0.25, -0.2) is 4.79 Å². The molecule has 2 heterocycles. The van der Waals surface area contributed by atoms with Crippen molar-refractivity contribution in [2.45, 2.75) is 38.6 Å². The Bertz CT molecular complexity index is 1230. The number of carbonyl (C=O) groups is 1. The van der Waals surface area contributed by atoms with Crippen molar-refractivity contribution in [3.05, 3.63) is 93.0 Å². The lowest BCUT2D eigenvalue weighted by Gasteiger charge is -2.40. The summed E-state index contributed by atoms with van der Waals surface area (Å²) in [6.07, 6.45) is 2.07. The molecule has 2 aliphatic rings. The lowest BCUT2D eigenvalue weighted by Crippen LogP contribution is -2.46. The van der Waals surface area contributed by atoms with Gasteiger partial charge in [0, 0.05) is 29.9 Å². The number of fused-ring (bicyclic) bond motifs is 2. The number of likely N-dealkylation sites (tertiary alicyclic amines) is 1. The van der Waals surface area contributed by atoms with Crippen molar-refractivity contribution in [3.63, 3.8) is 0 Å². The number of rotatable bonds is 3. The molecule has 176 valence electrons. The minimum atomic E-state index is -0.137. The summed E-state index contributed by atoms with van der Waals surface area (Å²) in [7, 11) is 0. The number of halogens is 2. The van der Waals surface area contributed by atoms with Crippen LogP contribution in [0.15, 0.2) is 60.7 Å². The third-order valence-electron chi connectivity index (χ3n) is 7.19. The monoisotopic (exact) mass is 493 g/mol. The SMILES string of the molecule is Cc1cccc(CN2CCC3(CC2)CN(C(=O)Nc2ccc(Cl)c(Cl)c2)c2ccc(C)cc23)c1. The van der Waals surface area contributed by atoms with Crippen molar-refractivity contribution in [1.29, 1.82) is 0 Å². The number of urea groups is 1. The van der Waals surface area contributed by atoms with E-state index in [0.717, 1.165) is 38.2 Å². The minimum absolute atomic E-state index is 0.0144. The summed E-state index contributed by atoms with van der Waals surface area (Å²) in [5, 5.41) is 3.91. The van der Waals surface area contributed by atoms with Crippen LogP contribution in [0.3, 0.4) is 0 Å². The van der Waals surface area contributed by atoms with Crippen LogP contribution in [-0.2, 0) is 12.0 Å². The van der Waals surface area contributed by atoms with Crippen molar-refractivity contribution < 1.29 is 4.79 Å². The Morgan fingerprint density at radius 2 is 1.71 bits per heavy atom. The van der Waals surface area contributed by atoms with Crippen LogP contribution in [0, 0.1) is 13.8 Å². The first-order valence-electron chi connectivity index (χ1n) is 11.8. The predicted molar refractivity (Wildman–Crippen MR) is 141 cm³/mol. The molecule has 6 heteroatoms. The van der Waals surface area contributed by atoms with E-state index in [0.29, 0.717) is 22.3 Å². The van der Waals surface area contributed by atoms with Gasteiger partial charge >= 0.3 is 6.03 Å². The van der Waals surface area contributed by atoms with Crippen molar-refractivity contribution >= 4 is 40.6 Å². The molecule has 0 bridgehead atoms. The van der Waals surface area contributed by atoms with E-state index in [9.17, 15) is 4.79 Å². The molecule has 0 atom stereocenters. The Morgan fingerprint density at radius 3 is 2.44 bits per heavy atom. The molecule has 0 unspecified atom stereocenters. The van der Waals surface area contributed by atoms with Gasteiger partial charge in [-0.1, -0.05) is 70.7 Å². The highest BCUT2D eigenvalue weighted by atomic mass is 35.5. The summed E-state index contributed by atoms with van der Waals surface area (Å²) in [5.41, 5.74) is 6.83. The number of hydrogen-bond acceptors (Lipinski definition) is 2. The maximum atomic E-state index is 13.4. The Hall–Kier alpha value is -2.53. The largest absolute Gasteiger partial charge is 0.326 e. The molecule has 3 aromatic rings. The van der Waals surface area contributed by atoms with E-state index in [2.05, 4.69) is 66.5 Å². The lowest BCUT2D eigenvalue weighted by atomic mass is 9.74. The van der Waals surface area contributed by atoms with Gasteiger partial charge in [-0.3, -0.25) is 9.80 Å². The highest BCUT2D eigenvalue weighted by Crippen LogP contribution is 2.47. The van der Waals surface area contributed by atoms with E-state index in [1.54, 1.807) is 18.2 Å². The van der Waals surface area contributed by atoms with Crippen molar-refractivity contribution in [2.75, 3.05) is 29.9 Å². The van der Waals surface area contributed by atoms with E-state index in [4.69, 9.17) is 23.2 Å². The third kappa shape index (κ3) is 4.55. The van der Waals surface area contributed by atoms with E-state index < -0.39 is 0 Å². The maximum absolute atomic E-state index is 13.4. The Labute approximate surface area is 211 Å². The standard InChI is InChI=1S/C28H29Cl2N3O/c1-19-4-3-5-21(14-19)17-32-12-10-28(11-13-32)18-33(26-9-6-20(2)15-23(26)28)27(34)31-22-7-8-24(29)25(30)16-22/h3-9,14-16H,10-13,17-18H2,1-2H3,(H,31,34). The summed E-state index contributed by atoms with van der Waals surface area (Å²) >= 11 is 12.2. The summed E-state index contributed by atoms with van der Waals surface area (Å²) < 4.78 is 0. The zero-order valence-corrected chi connectivity index (χ0v) is 21.1. The number of amides is 2. The summed E-state index contributed by atoms with van der Waals surface area (Å²) in [6, 6.07) is 20.2. The number of anilines is 2. The fourth-order valence-electron chi connectivity index (χ4n) is 5.36. The van der Waals surface area contributed by atoms with E-state index in [-0.39, 0.29) is 11.4 Å². The molecule has 0 saturated carbocycles. The average molecular weight is 494 g/mol. The smallest absolute Gasteiger partial charge is 0.307 e. The Morgan fingerprint density at radius 1 is 0.941 bits per heavy atom. The highest BCUT2D eigenvalue weighted by molar-refractivity contribution is 6.42. The first-order valence-corrected chi connectivity index (χ1v) is 12.5. The van der Waals surface area contributed by atoms with Gasteiger partial charge < -0.3 is 5.32 Å². The van der Waals surface area contributed by atoms with Gasteiger partial charge in [-0.15, -0.1) is 0 Å². The van der Waals surface area contributed by atoms with E-state index >= 15 is 0 Å². The zero-order chi connectivity index (χ0) is 23.9. The summed E-state index contributed by atoms with van der Waals surface area (Å²) in [4.78, 5) is 17.8. The fourth-order valence-corrected chi connectivity index (χ4v) is 5.66. The molecular weight excluding hydrogens is 465 g/mol. The first kappa shape index (κ1) is 23.2. The van der Waals surface area contributed by atoms with Crippen LogP contribution < -0.4 is 10.2 Å². The predicted octanol–water partition coefficient (Wildman–Crippen LogP) is 7.20. The second kappa shape index (κ2) is 9.26. The molecule has 3 aromatic carbocycles. The van der Waals surface area contributed by atoms with E-state index in [1.807, 2.05) is 4.90 Å². The van der Waals surface area contributed by atoms with Crippen molar-refractivity contribution in [1.82, 2.24) is 4.90 Å². The van der Waals surface area contributed by atoms with Crippen LogP contribution in [0.5, 0.6) is 0 Å². The van der Waals surface area contributed by atoms with Crippen LogP contribution in [0.1, 0.15) is 35.1 Å². The van der Waals surface area contributed by atoms with Gasteiger partial charge in [-0.05, 0) is 75.2 Å². The van der Waals surface area contributed by atoms with Crippen LogP contribution in [0.2, 0.25) is 10.0 Å². The number of nitrogens with zero attached hydrogens (tertiary/aromatic N) is 2. The van der Waals surface area contributed by atoms with E-state index in [1.165, 1.54) is 22.3 Å². The van der Waals surface area contributed by atoms with Gasteiger partial charge in [-0.2, -0.15) is 0 Å². The van der Waals surface area contributed by atoms with Crippen molar-refractivity contribution in [3.8, 4) is 0 Å². The molecule has 2 aliphatic heterocycles. The molecule has 4 nitrogen and oxygen atoms in total. The molecule has 0 aliphatic carbocycles. The van der Waals surface area contributed by atoms with Gasteiger partial charge in [0.05, 0.1) is 10.0 Å². The first-order chi connectivity index (χ1) is 16.3. The second-order valence-corrected chi connectivity index (χ2v) is 10.5. The van der Waals surface area contributed by atoms with Crippen LogP contribution in [0.4, 0.5) is 16.2 Å². The molecule has 1 spiro atoms. The zero-order valence-electron chi connectivity index (χ0n) is 19.6. The number of benzene rings is 3. The lowest BCUT2D eigenvalue weighted by molar-refractivity contribution is 0.160. The number of carbonyl (C=O) groups excluding carboxylic acids is 1. The quantitative estimate of drug-likeness (QED) is 0.418. The van der Waals surface area contributed by atoms with Crippen molar-refractivity contribution in [2.24, 2.45) is 0 Å². The maximum Gasteiger partial charge on any atom is 0.326 e. The third-order valence-corrected chi connectivity index (χ3v) is 7.93. The molecule has 1 saturated heterocycles. The van der Waals surface area contributed by atoms with Gasteiger partial charge in [0.15, 0.2) is 0 Å². The van der Waals surface area contributed by atoms with Gasteiger partial charge in [0.2, 0.25) is 0 Å². The number of aryl methyl sites for hydroxylation is 2. The molecule has 5 rings (SSSR count). The topological polar surface area (TPSA) is 35.6 Å². The van der Waals surface area contributed by atoms with Gasteiger partial charge in [0.25, 0.3) is 0 Å². The number of hydrogen-bond donors (Lipinski definition) is 1. The molecule has 2 amide bonds. The van der Waals surface area contributed by atoms with Gasteiger partial charge in [0.1, 0.15) is 0 Å². The molecule has 1 fully saturated rings. The molecule has 0 radical (unpaired) electrons. The molecule has 34 heavy (non-hydrogen) atoms.